The Bertz CT molecular complexity index is 404. The summed E-state index contributed by atoms with van der Waals surface area (Å²) in [6.07, 6.45) is -4.55. The standard InChI is InChI=1S/C8H6F3N3/c1-4-2-6(8(9,10)11)14-5(3-12)7(4)13/h2H,13H2,1H3. The molecule has 0 fully saturated rings. The molecule has 0 aliphatic heterocycles. The fourth-order valence-corrected chi connectivity index (χ4v) is 0.913. The third kappa shape index (κ3) is 1.76. The highest BCUT2D eigenvalue weighted by Gasteiger charge is 2.33. The van der Waals surface area contributed by atoms with Crippen LogP contribution in [0.4, 0.5) is 18.9 Å². The number of anilines is 1. The van der Waals surface area contributed by atoms with Gasteiger partial charge in [0.15, 0.2) is 5.69 Å². The summed E-state index contributed by atoms with van der Waals surface area (Å²) >= 11 is 0. The molecule has 0 aromatic carbocycles. The minimum atomic E-state index is -4.55. The van der Waals surface area contributed by atoms with Crippen molar-refractivity contribution in [2.45, 2.75) is 13.1 Å². The van der Waals surface area contributed by atoms with Crippen molar-refractivity contribution in [3.63, 3.8) is 0 Å². The van der Waals surface area contributed by atoms with Gasteiger partial charge in [-0.2, -0.15) is 18.4 Å². The van der Waals surface area contributed by atoms with Crippen LogP contribution in [0.3, 0.4) is 0 Å². The lowest BCUT2D eigenvalue weighted by molar-refractivity contribution is -0.141. The first-order valence-electron chi connectivity index (χ1n) is 3.60. The number of nitriles is 1. The molecule has 0 saturated carbocycles. The summed E-state index contributed by atoms with van der Waals surface area (Å²) in [7, 11) is 0. The lowest BCUT2D eigenvalue weighted by Gasteiger charge is -2.08. The average Bonchev–Trinajstić information content (AvgIpc) is 2.07. The van der Waals surface area contributed by atoms with Gasteiger partial charge in [-0.1, -0.05) is 0 Å². The second-order valence-electron chi connectivity index (χ2n) is 2.70. The van der Waals surface area contributed by atoms with Crippen LogP contribution in [-0.2, 0) is 6.18 Å². The van der Waals surface area contributed by atoms with Crippen LogP contribution < -0.4 is 5.73 Å². The summed E-state index contributed by atoms with van der Waals surface area (Å²) < 4.78 is 36.6. The zero-order valence-corrected chi connectivity index (χ0v) is 7.18. The van der Waals surface area contributed by atoms with Crippen LogP contribution in [0.25, 0.3) is 0 Å². The number of pyridine rings is 1. The molecule has 1 aromatic rings. The Morgan fingerprint density at radius 3 is 2.50 bits per heavy atom. The van der Waals surface area contributed by atoms with Gasteiger partial charge in [0.05, 0.1) is 5.69 Å². The number of nitrogen functional groups attached to an aromatic ring is 1. The van der Waals surface area contributed by atoms with E-state index in [1.165, 1.54) is 13.0 Å². The van der Waals surface area contributed by atoms with Crippen molar-refractivity contribution in [1.82, 2.24) is 4.98 Å². The number of hydrogen-bond acceptors (Lipinski definition) is 3. The van der Waals surface area contributed by atoms with Crippen LogP contribution in [0.2, 0.25) is 0 Å². The minimum Gasteiger partial charge on any atom is -0.396 e. The number of aryl methyl sites for hydroxylation is 1. The molecule has 2 N–H and O–H groups in total. The quantitative estimate of drug-likeness (QED) is 0.696. The molecule has 0 saturated heterocycles. The molecule has 0 aliphatic carbocycles. The van der Waals surface area contributed by atoms with Crippen molar-refractivity contribution in [1.29, 1.82) is 5.26 Å². The van der Waals surface area contributed by atoms with E-state index in [4.69, 9.17) is 11.0 Å². The molecule has 6 heteroatoms. The third-order valence-electron chi connectivity index (χ3n) is 1.66. The van der Waals surface area contributed by atoms with Gasteiger partial charge in [-0.25, -0.2) is 4.98 Å². The molecule has 74 valence electrons. The highest BCUT2D eigenvalue weighted by atomic mass is 19.4. The fraction of sp³-hybridized carbons (Fsp3) is 0.250. The van der Waals surface area contributed by atoms with Crippen LogP contribution >= 0.6 is 0 Å². The Labute approximate surface area is 78.0 Å². The van der Waals surface area contributed by atoms with Crippen LogP contribution in [0.15, 0.2) is 6.07 Å². The molecule has 0 amide bonds. The largest absolute Gasteiger partial charge is 0.433 e. The van der Waals surface area contributed by atoms with Crippen LogP contribution in [0.5, 0.6) is 0 Å². The molecule has 0 bridgehead atoms. The maximum Gasteiger partial charge on any atom is 0.433 e. The van der Waals surface area contributed by atoms with Crippen LogP contribution in [-0.4, -0.2) is 4.98 Å². The van der Waals surface area contributed by atoms with E-state index in [1.807, 2.05) is 0 Å². The van der Waals surface area contributed by atoms with E-state index in [1.54, 1.807) is 0 Å². The van der Waals surface area contributed by atoms with Gasteiger partial charge >= 0.3 is 6.18 Å². The van der Waals surface area contributed by atoms with E-state index in [0.717, 1.165) is 6.07 Å². The molecule has 1 heterocycles. The molecule has 0 spiro atoms. The van der Waals surface area contributed by atoms with Crippen LogP contribution in [0, 0.1) is 18.3 Å². The lowest BCUT2D eigenvalue weighted by Crippen LogP contribution is -2.11. The zero-order valence-electron chi connectivity index (χ0n) is 7.18. The minimum absolute atomic E-state index is 0.0134. The summed E-state index contributed by atoms with van der Waals surface area (Å²) in [6.45, 7) is 1.40. The van der Waals surface area contributed by atoms with Gasteiger partial charge in [0.2, 0.25) is 0 Å². The molecule has 1 rings (SSSR count). The molecular weight excluding hydrogens is 195 g/mol. The second kappa shape index (κ2) is 3.18. The number of aromatic nitrogens is 1. The van der Waals surface area contributed by atoms with Crippen molar-refractivity contribution in [2.24, 2.45) is 0 Å². The number of hydrogen-bond donors (Lipinski definition) is 1. The summed E-state index contributed by atoms with van der Waals surface area (Å²) in [4.78, 5) is 3.11. The van der Waals surface area contributed by atoms with Gasteiger partial charge in [0.25, 0.3) is 0 Å². The SMILES string of the molecule is Cc1cc(C(F)(F)F)nc(C#N)c1N. The Balaban J connectivity index is 3.40. The molecular formula is C8H6F3N3. The van der Waals surface area contributed by atoms with E-state index in [0.29, 0.717) is 0 Å². The predicted molar refractivity (Wildman–Crippen MR) is 43.1 cm³/mol. The van der Waals surface area contributed by atoms with E-state index >= 15 is 0 Å². The highest BCUT2D eigenvalue weighted by molar-refractivity contribution is 5.56. The number of halogens is 3. The summed E-state index contributed by atoms with van der Waals surface area (Å²) in [5.41, 5.74) is 4.05. The van der Waals surface area contributed by atoms with Crippen molar-refractivity contribution in [3.05, 3.63) is 23.0 Å². The van der Waals surface area contributed by atoms with Crippen molar-refractivity contribution in [3.8, 4) is 6.07 Å². The van der Waals surface area contributed by atoms with Gasteiger partial charge in [0, 0.05) is 0 Å². The topological polar surface area (TPSA) is 62.7 Å². The molecule has 1 aromatic heterocycles. The second-order valence-corrected chi connectivity index (χ2v) is 2.70. The number of nitrogens with two attached hydrogens (primary N) is 1. The maximum atomic E-state index is 12.2. The van der Waals surface area contributed by atoms with Crippen molar-refractivity contribution < 1.29 is 13.2 Å². The van der Waals surface area contributed by atoms with Gasteiger partial charge in [-0.15, -0.1) is 0 Å². The highest BCUT2D eigenvalue weighted by Crippen LogP contribution is 2.30. The molecule has 0 radical (unpaired) electrons. The first-order chi connectivity index (χ1) is 6.36. The van der Waals surface area contributed by atoms with E-state index in [2.05, 4.69) is 4.98 Å². The van der Waals surface area contributed by atoms with Gasteiger partial charge in [-0.05, 0) is 18.6 Å². The Morgan fingerprint density at radius 1 is 1.50 bits per heavy atom. The van der Waals surface area contributed by atoms with E-state index in [-0.39, 0.29) is 11.3 Å². The van der Waals surface area contributed by atoms with Crippen molar-refractivity contribution in [2.75, 3.05) is 5.73 Å². The predicted octanol–water partition coefficient (Wildman–Crippen LogP) is 1.86. The first kappa shape index (κ1) is 10.3. The van der Waals surface area contributed by atoms with Gasteiger partial charge < -0.3 is 5.73 Å². The average molecular weight is 201 g/mol. The summed E-state index contributed by atoms with van der Waals surface area (Å²) in [6, 6.07) is 2.33. The fourth-order valence-electron chi connectivity index (χ4n) is 0.913. The molecule has 3 nitrogen and oxygen atoms in total. The molecule has 0 atom stereocenters. The molecule has 0 unspecified atom stereocenters. The zero-order chi connectivity index (χ0) is 10.9. The maximum absolute atomic E-state index is 12.2. The smallest absolute Gasteiger partial charge is 0.396 e. The van der Waals surface area contributed by atoms with Gasteiger partial charge in [-0.3, -0.25) is 0 Å². The lowest BCUT2D eigenvalue weighted by atomic mass is 10.1. The Morgan fingerprint density at radius 2 is 2.07 bits per heavy atom. The summed E-state index contributed by atoms with van der Waals surface area (Å²) in [5, 5.41) is 8.47. The summed E-state index contributed by atoms with van der Waals surface area (Å²) in [5.74, 6) is 0. The van der Waals surface area contributed by atoms with Crippen LogP contribution in [0.1, 0.15) is 17.0 Å². The monoisotopic (exact) mass is 201 g/mol. The van der Waals surface area contributed by atoms with E-state index in [9.17, 15) is 13.2 Å². The first-order valence-corrected chi connectivity index (χ1v) is 3.60. The third-order valence-corrected chi connectivity index (χ3v) is 1.66. The van der Waals surface area contributed by atoms with Gasteiger partial charge in [0.1, 0.15) is 11.8 Å². The Hall–Kier alpha value is -1.77. The normalized spacial score (nSPS) is 11.1. The number of alkyl halides is 3. The van der Waals surface area contributed by atoms with E-state index < -0.39 is 17.6 Å². The van der Waals surface area contributed by atoms with Crippen molar-refractivity contribution >= 4 is 5.69 Å². The number of rotatable bonds is 0. The molecule has 14 heavy (non-hydrogen) atoms. The number of nitrogens with zero attached hydrogens (tertiary/aromatic N) is 2. The Kier molecular flexibility index (Phi) is 2.34. The molecule has 0 aliphatic rings.